The van der Waals surface area contributed by atoms with Crippen LogP contribution in [-0.4, -0.2) is 32.8 Å². The molecule has 0 aliphatic carbocycles. The number of rotatable bonds is 5. The van der Waals surface area contributed by atoms with Crippen molar-refractivity contribution in [1.82, 2.24) is 5.32 Å². The van der Waals surface area contributed by atoms with Crippen molar-refractivity contribution in [3.05, 3.63) is 0 Å². The first-order valence-electron chi connectivity index (χ1n) is 5.73. The third kappa shape index (κ3) is 3.56. The molecule has 1 aliphatic heterocycles. The van der Waals surface area contributed by atoms with Crippen LogP contribution < -0.4 is 11.1 Å². The fourth-order valence-electron chi connectivity index (χ4n) is 2.19. The van der Waals surface area contributed by atoms with Crippen molar-refractivity contribution in [2.45, 2.75) is 32.2 Å². The van der Waals surface area contributed by atoms with Gasteiger partial charge in [0.25, 0.3) is 0 Å². The smallest absolute Gasteiger partial charge is 0.0469 e. The van der Waals surface area contributed by atoms with E-state index in [1.807, 2.05) is 0 Å². The van der Waals surface area contributed by atoms with Crippen LogP contribution in [-0.2, 0) is 4.74 Å². The Bertz CT molecular complexity index is 146. The van der Waals surface area contributed by atoms with Gasteiger partial charge in [-0.05, 0) is 44.7 Å². The van der Waals surface area contributed by atoms with E-state index < -0.39 is 0 Å². The standard InChI is InChI=1S/C11H24N2O/c1-9(8-12)7-11(13-2)10-3-5-14-6-4-10/h9-11,13H,3-8,12H2,1-2H3. The molecule has 84 valence electrons. The van der Waals surface area contributed by atoms with E-state index in [0.29, 0.717) is 12.0 Å². The first-order chi connectivity index (χ1) is 6.77. The Morgan fingerprint density at radius 2 is 2.07 bits per heavy atom. The van der Waals surface area contributed by atoms with Crippen LogP contribution in [0.4, 0.5) is 0 Å². The summed E-state index contributed by atoms with van der Waals surface area (Å²) in [7, 11) is 2.06. The van der Waals surface area contributed by atoms with E-state index in [0.717, 1.165) is 25.7 Å². The number of hydrogen-bond donors (Lipinski definition) is 2. The summed E-state index contributed by atoms with van der Waals surface area (Å²) in [6, 6.07) is 0.623. The number of hydrogen-bond acceptors (Lipinski definition) is 3. The fourth-order valence-corrected chi connectivity index (χ4v) is 2.19. The summed E-state index contributed by atoms with van der Waals surface area (Å²) in [5, 5.41) is 3.43. The third-order valence-electron chi connectivity index (χ3n) is 3.26. The third-order valence-corrected chi connectivity index (χ3v) is 3.26. The predicted octanol–water partition coefficient (Wildman–Crippen LogP) is 0.986. The molecule has 14 heavy (non-hydrogen) atoms. The van der Waals surface area contributed by atoms with E-state index in [2.05, 4.69) is 19.3 Å². The normalized spacial score (nSPS) is 23.4. The van der Waals surface area contributed by atoms with Gasteiger partial charge in [0.05, 0.1) is 0 Å². The summed E-state index contributed by atoms with van der Waals surface area (Å²) < 4.78 is 5.37. The molecule has 1 aliphatic rings. The molecule has 3 heteroatoms. The van der Waals surface area contributed by atoms with Crippen LogP contribution in [0.25, 0.3) is 0 Å². The van der Waals surface area contributed by atoms with Crippen LogP contribution in [0.3, 0.4) is 0 Å². The first-order valence-corrected chi connectivity index (χ1v) is 5.73. The van der Waals surface area contributed by atoms with E-state index in [-0.39, 0.29) is 0 Å². The molecule has 0 aromatic carbocycles. The molecule has 3 N–H and O–H groups in total. The summed E-state index contributed by atoms with van der Waals surface area (Å²) in [4.78, 5) is 0. The van der Waals surface area contributed by atoms with Gasteiger partial charge in [-0.15, -0.1) is 0 Å². The Labute approximate surface area is 87.4 Å². The Kier molecular flexibility index (Phi) is 5.45. The summed E-state index contributed by atoms with van der Waals surface area (Å²) in [6.45, 7) is 4.88. The lowest BCUT2D eigenvalue weighted by atomic mass is 9.86. The van der Waals surface area contributed by atoms with Crippen molar-refractivity contribution in [3.8, 4) is 0 Å². The highest BCUT2D eigenvalue weighted by molar-refractivity contribution is 4.79. The molecule has 1 rings (SSSR count). The van der Waals surface area contributed by atoms with Gasteiger partial charge in [-0.25, -0.2) is 0 Å². The molecule has 3 nitrogen and oxygen atoms in total. The van der Waals surface area contributed by atoms with Crippen LogP contribution in [0.2, 0.25) is 0 Å². The number of ether oxygens (including phenoxy) is 1. The van der Waals surface area contributed by atoms with Gasteiger partial charge in [-0.2, -0.15) is 0 Å². The maximum atomic E-state index is 5.65. The fraction of sp³-hybridized carbons (Fsp3) is 1.00. The highest BCUT2D eigenvalue weighted by atomic mass is 16.5. The van der Waals surface area contributed by atoms with Crippen molar-refractivity contribution < 1.29 is 4.74 Å². The molecule has 0 amide bonds. The average molecular weight is 200 g/mol. The van der Waals surface area contributed by atoms with Gasteiger partial charge in [0.15, 0.2) is 0 Å². The highest BCUT2D eigenvalue weighted by Crippen LogP contribution is 2.22. The molecule has 0 bridgehead atoms. The van der Waals surface area contributed by atoms with Crippen molar-refractivity contribution in [2.24, 2.45) is 17.6 Å². The van der Waals surface area contributed by atoms with Gasteiger partial charge < -0.3 is 15.8 Å². The maximum Gasteiger partial charge on any atom is 0.0469 e. The first kappa shape index (κ1) is 12.0. The SMILES string of the molecule is CNC(CC(C)CN)C1CCOCC1. The molecule has 1 fully saturated rings. The maximum absolute atomic E-state index is 5.65. The zero-order valence-corrected chi connectivity index (χ0v) is 9.46. The second-order valence-corrected chi connectivity index (χ2v) is 4.42. The predicted molar refractivity (Wildman–Crippen MR) is 59.2 cm³/mol. The molecule has 0 aromatic rings. The Morgan fingerprint density at radius 1 is 1.43 bits per heavy atom. The largest absolute Gasteiger partial charge is 0.381 e. The molecular formula is C11H24N2O. The Hall–Kier alpha value is -0.120. The van der Waals surface area contributed by atoms with Gasteiger partial charge >= 0.3 is 0 Å². The van der Waals surface area contributed by atoms with Crippen molar-refractivity contribution in [1.29, 1.82) is 0 Å². The Morgan fingerprint density at radius 3 is 2.57 bits per heavy atom. The lowest BCUT2D eigenvalue weighted by Gasteiger charge is -2.31. The monoisotopic (exact) mass is 200 g/mol. The van der Waals surface area contributed by atoms with Gasteiger partial charge in [-0.1, -0.05) is 6.92 Å². The molecule has 1 saturated heterocycles. The lowest BCUT2D eigenvalue weighted by molar-refractivity contribution is 0.0518. The van der Waals surface area contributed by atoms with Crippen LogP contribution >= 0.6 is 0 Å². The molecule has 0 saturated carbocycles. The Balaban J connectivity index is 2.35. The summed E-state index contributed by atoms with van der Waals surface area (Å²) in [6.07, 6.45) is 3.59. The zero-order chi connectivity index (χ0) is 10.4. The van der Waals surface area contributed by atoms with Crippen LogP contribution in [0.5, 0.6) is 0 Å². The second kappa shape index (κ2) is 6.38. The molecule has 1 heterocycles. The van der Waals surface area contributed by atoms with Crippen molar-refractivity contribution in [3.63, 3.8) is 0 Å². The van der Waals surface area contributed by atoms with E-state index in [1.54, 1.807) is 0 Å². The molecular weight excluding hydrogens is 176 g/mol. The number of nitrogens with two attached hydrogens (primary N) is 1. The zero-order valence-electron chi connectivity index (χ0n) is 9.46. The van der Waals surface area contributed by atoms with E-state index in [4.69, 9.17) is 10.5 Å². The van der Waals surface area contributed by atoms with Crippen LogP contribution in [0.15, 0.2) is 0 Å². The highest BCUT2D eigenvalue weighted by Gasteiger charge is 2.23. The lowest BCUT2D eigenvalue weighted by Crippen LogP contribution is -2.39. The minimum atomic E-state index is 0.621. The van der Waals surface area contributed by atoms with Gasteiger partial charge in [0.2, 0.25) is 0 Å². The average Bonchev–Trinajstić information content (AvgIpc) is 2.26. The van der Waals surface area contributed by atoms with E-state index in [9.17, 15) is 0 Å². The quantitative estimate of drug-likeness (QED) is 0.695. The van der Waals surface area contributed by atoms with E-state index in [1.165, 1.54) is 19.3 Å². The minimum absolute atomic E-state index is 0.621. The van der Waals surface area contributed by atoms with Gasteiger partial charge in [-0.3, -0.25) is 0 Å². The second-order valence-electron chi connectivity index (χ2n) is 4.42. The molecule has 0 aromatic heterocycles. The topological polar surface area (TPSA) is 47.3 Å². The summed E-state index contributed by atoms with van der Waals surface area (Å²) in [5.74, 6) is 1.40. The van der Waals surface area contributed by atoms with Crippen molar-refractivity contribution in [2.75, 3.05) is 26.8 Å². The van der Waals surface area contributed by atoms with Crippen LogP contribution in [0, 0.1) is 11.8 Å². The summed E-state index contributed by atoms with van der Waals surface area (Å²) >= 11 is 0. The number of nitrogens with one attached hydrogen (secondary N) is 1. The summed E-state index contributed by atoms with van der Waals surface area (Å²) in [5.41, 5.74) is 5.65. The van der Waals surface area contributed by atoms with Crippen LogP contribution in [0.1, 0.15) is 26.2 Å². The van der Waals surface area contributed by atoms with Crippen molar-refractivity contribution >= 4 is 0 Å². The molecule has 2 unspecified atom stereocenters. The minimum Gasteiger partial charge on any atom is -0.381 e. The molecule has 0 radical (unpaired) electrons. The van der Waals surface area contributed by atoms with E-state index >= 15 is 0 Å². The molecule has 2 atom stereocenters. The molecule has 0 spiro atoms. The van der Waals surface area contributed by atoms with Gasteiger partial charge in [0, 0.05) is 19.3 Å². The van der Waals surface area contributed by atoms with Gasteiger partial charge in [0.1, 0.15) is 0 Å².